The van der Waals surface area contributed by atoms with E-state index in [2.05, 4.69) is 0 Å². The Morgan fingerprint density at radius 2 is 1.91 bits per heavy atom. The van der Waals surface area contributed by atoms with Gasteiger partial charge >= 0.3 is 5.97 Å². The number of esters is 1. The van der Waals surface area contributed by atoms with Crippen LogP contribution in [-0.4, -0.2) is 13.1 Å². The van der Waals surface area contributed by atoms with Crippen molar-refractivity contribution in [1.82, 2.24) is 0 Å². The van der Waals surface area contributed by atoms with Crippen LogP contribution in [0, 0.1) is 17.1 Å². The van der Waals surface area contributed by atoms with E-state index in [4.69, 9.17) is 31.5 Å². The molecule has 0 saturated heterocycles. The van der Waals surface area contributed by atoms with Gasteiger partial charge in [-0.15, -0.1) is 0 Å². The highest BCUT2D eigenvalue weighted by atomic mass is 35.5. The number of carbonyl (C=O) groups excluding carboxylic acids is 1. The zero-order valence-electron chi connectivity index (χ0n) is 17.9. The van der Waals surface area contributed by atoms with E-state index < -0.39 is 17.7 Å². The van der Waals surface area contributed by atoms with Crippen molar-refractivity contribution < 1.29 is 23.4 Å². The minimum absolute atomic E-state index is 0.0340. The maximum absolute atomic E-state index is 14.7. The summed E-state index contributed by atoms with van der Waals surface area (Å²) in [5.41, 5.74) is 7.36. The lowest BCUT2D eigenvalue weighted by molar-refractivity contribution is -0.128. The van der Waals surface area contributed by atoms with Crippen LogP contribution in [0.5, 0.6) is 17.2 Å². The van der Waals surface area contributed by atoms with E-state index in [-0.39, 0.29) is 33.5 Å². The van der Waals surface area contributed by atoms with Gasteiger partial charge in [0, 0.05) is 28.3 Å². The van der Waals surface area contributed by atoms with Crippen LogP contribution in [0.1, 0.15) is 22.6 Å². The van der Waals surface area contributed by atoms with Gasteiger partial charge in [-0.05, 0) is 42.0 Å². The van der Waals surface area contributed by atoms with Crippen LogP contribution in [0.25, 0.3) is 6.08 Å². The Kier molecular flexibility index (Phi) is 6.53. The molecule has 2 N–H and O–H groups in total. The molecule has 8 heteroatoms. The Balaban J connectivity index is 1.61. The van der Waals surface area contributed by atoms with Crippen LogP contribution in [0.15, 0.2) is 78.2 Å². The Labute approximate surface area is 200 Å². The standard InChI is InChI=1S/C26H18ClFN2O4/c1-32-16-8-5-15(6-9-16)7-12-23(31)33-17-10-11-18-22(13-17)34-26(30)19(14-29)24(18)25-20(27)3-2-4-21(25)28/h2-13,24H,30H2,1H3/b12-7+. The van der Waals surface area contributed by atoms with Crippen molar-refractivity contribution in [3.05, 3.63) is 106 Å². The third-order valence-corrected chi connectivity index (χ3v) is 5.55. The molecule has 1 atom stereocenters. The maximum Gasteiger partial charge on any atom is 0.336 e. The number of carbonyl (C=O) groups is 1. The number of nitriles is 1. The predicted octanol–water partition coefficient (Wildman–Crippen LogP) is 5.32. The monoisotopic (exact) mass is 476 g/mol. The van der Waals surface area contributed by atoms with Gasteiger partial charge in [-0.3, -0.25) is 0 Å². The smallest absolute Gasteiger partial charge is 0.336 e. The van der Waals surface area contributed by atoms with Crippen LogP contribution < -0.4 is 19.9 Å². The molecule has 1 aliphatic rings. The molecule has 6 nitrogen and oxygen atoms in total. The second-order valence-electron chi connectivity index (χ2n) is 7.29. The van der Waals surface area contributed by atoms with Gasteiger partial charge in [0.25, 0.3) is 0 Å². The fraction of sp³-hybridized carbons (Fsp3) is 0.0769. The van der Waals surface area contributed by atoms with E-state index in [1.54, 1.807) is 43.5 Å². The minimum atomic E-state index is -0.873. The molecule has 0 aliphatic carbocycles. The molecule has 0 bridgehead atoms. The van der Waals surface area contributed by atoms with Gasteiger partial charge < -0.3 is 19.9 Å². The number of nitrogens with zero attached hydrogens (tertiary/aromatic N) is 1. The van der Waals surface area contributed by atoms with Crippen LogP contribution in [-0.2, 0) is 4.79 Å². The minimum Gasteiger partial charge on any atom is -0.497 e. The van der Waals surface area contributed by atoms with Gasteiger partial charge in [0.05, 0.1) is 13.0 Å². The van der Waals surface area contributed by atoms with Crippen LogP contribution >= 0.6 is 11.6 Å². The summed E-state index contributed by atoms with van der Waals surface area (Å²) in [6.45, 7) is 0. The number of benzene rings is 3. The molecule has 0 aromatic heterocycles. The van der Waals surface area contributed by atoms with Gasteiger partial charge in [-0.2, -0.15) is 5.26 Å². The second kappa shape index (κ2) is 9.69. The predicted molar refractivity (Wildman–Crippen MR) is 125 cm³/mol. The molecule has 3 aromatic rings. The van der Waals surface area contributed by atoms with Crippen molar-refractivity contribution in [2.45, 2.75) is 5.92 Å². The SMILES string of the molecule is COc1ccc(/C=C/C(=O)Oc2ccc3c(c2)OC(N)=C(C#N)C3c2c(F)cccc2Cl)cc1. The molecule has 3 aromatic carbocycles. The topological polar surface area (TPSA) is 94.6 Å². The van der Waals surface area contributed by atoms with E-state index in [1.807, 2.05) is 6.07 Å². The van der Waals surface area contributed by atoms with E-state index in [1.165, 1.54) is 36.4 Å². The molecule has 34 heavy (non-hydrogen) atoms. The number of nitrogens with two attached hydrogens (primary N) is 1. The highest BCUT2D eigenvalue weighted by Gasteiger charge is 2.34. The highest BCUT2D eigenvalue weighted by molar-refractivity contribution is 6.31. The fourth-order valence-electron chi connectivity index (χ4n) is 3.61. The molecule has 1 aliphatic heterocycles. The lowest BCUT2D eigenvalue weighted by atomic mass is 9.83. The van der Waals surface area contributed by atoms with Gasteiger partial charge in [0.2, 0.25) is 5.88 Å². The van der Waals surface area contributed by atoms with Crippen molar-refractivity contribution in [3.63, 3.8) is 0 Å². The number of halogens is 2. The summed E-state index contributed by atoms with van der Waals surface area (Å²) in [4.78, 5) is 12.3. The fourth-order valence-corrected chi connectivity index (χ4v) is 3.88. The molecule has 0 amide bonds. The molecule has 170 valence electrons. The van der Waals surface area contributed by atoms with Crippen molar-refractivity contribution in [3.8, 4) is 23.3 Å². The Hall–Kier alpha value is -4.28. The zero-order chi connectivity index (χ0) is 24.2. The molecular weight excluding hydrogens is 459 g/mol. The number of rotatable bonds is 5. The average molecular weight is 477 g/mol. The lowest BCUT2D eigenvalue weighted by Crippen LogP contribution is -2.22. The average Bonchev–Trinajstić information content (AvgIpc) is 2.82. The van der Waals surface area contributed by atoms with Crippen molar-refractivity contribution in [1.29, 1.82) is 5.26 Å². The molecule has 0 radical (unpaired) electrons. The first-order chi connectivity index (χ1) is 16.4. The summed E-state index contributed by atoms with van der Waals surface area (Å²) in [6.07, 6.45) is 2.89. The Morgan fingerprint density at radius 1 is 1.18 bits per heavy atom. The van der Waals surface area contributed by atoms with Crippen LogP contribution in [0.2, 0.25) is 5.02 Å². The van der Waals surface area contributed by atoms with Gasteiger partial charge in [0.1, 0.15) is 34.7 Å². The Bertz CT molecular complexity index is 1340. The summed E-state index contributed by atoms with van der Waals surface area (Å²) in [5, 5.41) is 9.79. The number of hydrogen-bond donors (Lipinski definition) is 1. The van der Waals surface area contributed by atoms with E-state index in [0.717, 1.165) is 5.56 Å². The van der Waals surface area contributed by atoms with E-state index in [0.29, 0.717) is 11.3 Å². The third-order valence-electron chi connectivity index (χ3n) is 5.23. The number of ether oxygens (including phenoxy) is 3. The summed E-state index contributed by atoms with van der Waals surface area (Å²) < 4.78 is 30.8. The largest absolute Gasteiger partial charge is 0.497 e. The normalized spacial score (nSPS) is 14.8. The maximum atomic E-state index is 14.7. The second-order valence-corrected chi connectivity index (χ2v) is 7.69. The van der Waals surface area contributed by atoms with Crippen LogP contribution in [0.4, 0.5) is 4.39 Å². The van der Waals surface area contributed by atoms with Crippen molar-refractivity contribution in [2.75, 3.05) is 7.11 Å². The quantitative estimate of drug-likeness (QED) is 0.304. The van der Waals surface area contributed by atoms with Crippen molar-refractivity contribution >= 4 is 23.6 Å². The molecule has 1 heterocycles. The third kappa shape index (κ3) is 4.58. The summed E-state index contributed by atoms with van der Waals surface area (Å²) in [6, 6.07) is 18.0. The molecule has 0 fully saturated rings. The molecular formula is C26H18ClFN2O4. The number of allylic oxidation sites excluding steroid dienone is 1. The summed E-state index contributed by atoms with van der Waals surface area (Å²) in [5.74, 6) is -1.12. The first-order valence-corrected chi connectivity index (χ1v) is 10.5. The van der Waals surface area contributed by atoms with E-state index in [9.17, 15) is 14.4 Å². The van der Waals surface area contributed by atoms with Crippen LogP contribution in [0.3, 0.4) is 0 Å². The first-order valence-electron chi connectivity index (χ1n) is 10.1. The van der Waals surface area contributed by atoms with Gasteiger partial charge in [0.15, 0.2) is 0 Å². The van der Waals surface area contributed by atoms with Crippen molar-refractivity contribution in [2.24, 2.45) is 5.73 Å². The van der Waals surface area contributed by atoms with E-state index >= 15 is 0 Å². The first kappa shape index (κ1) is 22.9. The summed E-state index contributed by atoms with van der Waals surface area (Å²) in [7, 11) is 1.57. The van der Waals surface area contributed by atoms with Gasteiger partial charge in [-0.1, -0.05) is 35.9 Å². The molecule has 4 rings (SSSR count). The number of methoxy groups -OCH3 is 1. The number of fused-ring (bicyclic) bond motifs is 1. The molecule has 1 unspecified atom stereocenters. The highest BCUT2D eigenvalue weighted by Crippen LogP contribution is 2.46. The summed E-state index contributed by atoms with van der Waals surface area (Å²) >= 11 is 6.26. The molecule has 0 spiro atoms. The number of hydrogen-bond acceptors (Lipinski definition) is 6. The zero-order valence-corrected chi connectivity index (χ0v) is 18.7. The Morgan fingerprint density at radius 3 is 2.59 bits per heavy atom. The van der Waals surface area contributed by atoms with Gasteiger partial charge in [-0.25, -0.2) is 9.18 Å². The molecule has 0 saturated carbocycles. The lowest BCUT2D eigenvalue weighted by Gasteiger charge is -2.27.